The van der Waals surface area contributed by atoms with Gasteiger partial charge in [-0.25, -0.2) is 0 Å². The molecule has 6 heteroatoms. The van der Waals surface area contributed by atoms with Gasteiger partial charge in [0.15, 0.2) is 6.61 Å². The zero-order chi connectivity index (χ0) is 13.5. The van der Waals surface area contributed by atoms with Crippen molar-refractivity contribution >= 4 is 33.4 Å². The highest BCUT2D eigenvalue weighted by Gasteiger charge is 2.10. The van der Waals surface area contributed by atoms with Crippen LogP contribution in [0.4, 0.5) is 0 Å². The summed E-state index contributed by atoms with van der Waals surface area (Å²) in [5.41, 5.74) is 0. The van der Waals surface area contributed by atoms with E-state index in [0.717, 1.165) is 0 Å². The molecule has 1 amide bonds. The molecular weight excluding hydrogens is 321 g/mol. The van der Waals surface area contributed by atoms with Crippen molar-refractivity contribution < 1.29 is 14.6 Å². The molecule has 0 saturated carbocycles. The van der Waals surface area contributed by atoms with Crippen molar-refractivity contribution in [3.63, 3.8) is 0 Å². The summed E-state index contributed by atoms with van der Waals surface area (Å²) in [4.78, 5) is 13.2. The summed E-state index contributed by atoms with van der Waals surface area (Å²) >= 11 is 9.11. The van der Waals surface area contributed by atoms with E-state index in [-0.39, 0.29) is 19.1 Å². The topological polar surface area (TPSA) is 49.8 Å². The second-order valence-electron chi connectivity index (χ2n) is 3.76. The fraction of sp³-hybridized carbons (Fsp3) is 0.417. The van der Waals surface area contributed by atoms with E-state index in [9.17, 15) is 4.79 Å². The molecule has 0 saturated heterocycles. The maximum Gasteiger partial charge on any atom is 0.260 e. The molecule has 0 aliphatic rings. The molecule has 1 aromatic rings. The second-order valence-corrected chi connectivity index (χ2v) is 5.05. The lowest BCUT2D eigenvalue weighted by atomic mass is 10.3. The molecule has 18 heavy (non-hydrogen) atoms. The van der Waals surface area contributed by atoms with Gasteiger partial charge in [-0.15, -0.1) is 0 Å². The molecule has 0 bridgehead atoms. The van der Waals surface area contributed by atoms with Crippen molar-refractivity contribution in [1.29, 1.82) is 0 Å². The Labute approximate surface area is 120 Å². The number of amides is 1. The Morgan fingerprint density at radius 3 is 2.89 bits per heavy atom. The van der Waals surface area contributed by atoms with Gasteiger partial charge in [0.1, 0.15) is 5.75 Å². The molecule has 0 radical (unpaired) electrons. The number of halogens is 2. The minimum atomic E-state index is -0.134. The third kappa shape index (κ3) is 4.84. The van der Waals surface area contributed by atoms with Crippen molar-refractivity contribution in [2.24, 2.45) is 0 Å². The molecule has 100 valence electrons. The summed E-state index contributed by atoms with van der Waals surface area (Å²) in [7, 11) is 1.68. The number of ether oxygens (including phenoxy) is 1. The molecule has 0 aliphatic heterocycles. The summed E-state index contributed by atoms with van der Waals surface area (Å²) in [5.74, 6) is 0.439. The van der Waals surface area contributed by atoms with Gasteiger partial charge in [-0.2, -0.15) is 0 Å². The Morgan fingerprint density at radius 1 is 1.56 bits per heavy atom. The van der Waals surface area contributed by atoms with Crippen molar-refractivity contribution in [3.05, 3.63) is 27.7 Å². The molecule has 0 aromatic heterocycles. The van der Waals surface area contributed by atoms with Crippen molar-refractivity contribution in [3.8, 4) is 5.75 Å². The van der Waals surface area contributed by atoms with Gasteiger partial charge in [-0.05, 0) is 40.5 Å². The van der Waals surface area contributed by atoms with Gasteiger partial charge in [0.25, 0.3) is 5.91 Å². The van der Waals surface area contributed by atoms with Gasteiger partial charge in [0.2, 0.25) is 0 Å². The zero-order valence-corrected chi connectivity index (χ0v) is 12.4. The highest BCUT2D eigenvalue weighted by atomic mass is 79.9. The van der Waals surface area contributed by atoms with Crippen LogP contribution in [0.3, 0.4) is 0 Å². The van der Waals surface area contributed by atoms with Crippen LogP contribution in [-0.2, 0) is 4.79 Å². The van der Waals surface area contributed by atoms with Crippen LogP contribution in [0, 0.1) is 0 Å². The number of aliphatic hydroxyl groups is 1. The van der Waals surface area contributed by atoms with E-state index in [0.29, 0.717) is 28.2 Å². The molecule has 0 atom stereocenters. The van der Waals surface area contributed by atoms with Crippen LogP contribution in [0.1, 0.15) is 6.42 Å². The van der Waals surface area contributed by atoms with E-state index in [1.807, 2.05) is 0 Å². The van der Waals surface area contributed by atoms with Gasteiger partial charge >= 0.3 is 0 Å². The van der Waals surface area contributed by atoms with E-state index < -0.39 is 0 Å². The standard InChI is InChI=1S/C12H15BrClNO3/c1-15(5-2-6-16)12(17)8-18-11-4-3-9(14)7-10(11)13/h3-4,7,16H,2,5-6,8H2,1H3. The number of carbonyl (C=O) groups excluding carboxylic acids is 1. The first-order valence-corrected chi connectivity index (χ1v) is 6.64. The smallest absolute Gasteiger partial charge is 0.260 e. The van der Waals surface area contributed by atoms with Crippen molar-refractivity contribution in [2.75, 3.05) is 26.8 Å². The van der Waals surface area contributed by atoms with E-state index in [1.54, 1.807) is 25.2 Å². The third-order valence-corrected chi connectivity index (χ3v) is 3.18. The Hall–Kier alpha value is -0.780. The van der Waals surface area contributed by atoms with E-state index >= 15 is 0 Å². The number of nitrogens with zero attached hydrogens (tertiary/aromatic N) is 1. The fourth-order valence-corrected chi connectivity index (χ4v) is 2.07. The SMILES string of the molecule is CN(CCCO)C(=O)COc1ccc(Cl)cc1Br. The first kappa shape index (κ1) is 15.3. The summed E-state index contributed by atoms with van der Waals surface area (Å²) in [6.45, 7) is 0.545. The minimum absolute atomic E-state index is 0.0395. The predicted molar refractivity (Wildman–Crippen MR) is 74.0 cm³/mol. The number of carbonyl (C=O) groups is 1. The maximum atomic E-state index is 11.7. The van der Waals surface area contributed by atoms with Gasteiger partial charge in [0.05, 0.1) is 4.47 Å². The molecule has 4 nitrogen and oxygen atoms in total. The summed E-state index contributed by atoms with van der Waals surface area (Å²) < 4.78 is 6.10. The third-order valence-electron chi connectivity index (χ3n) is 2.32. The first-order chi connectivity index (χ1) is 8.54. The fourth-order valence-electron chi connectivity index (χ4n) is 1.27. The summed E-state index contributed by atoms with van der Waals surface area (Å²) in [5, 5.41) is 9.28. The average molecular weight is 337 g/mol. The Bertz CT molecular complexity index is 414. The number of rotatable bonds is 6. The van der Waals surface area contributed by atoms with E-state index in [2.05, 4.69) is 15.9 Å². The van der Waals surface area contributed by atoms with Gasteiger partial charge in [-0.3, -0.25) is 4.79 Å². The van der Waals surface area contributed by atoms with Crippen LogP contribution >= 0.6 is 27.5 Å². The molecule has 0 heterocycles. The van der Waals surface area contributed by atoms with Crippen LogP contribution < -0.4 is 4.74 Å². The zero-order valence-electron chi connectivity index (χ0n) is 10.0. The van der Waals surface area contributed by atoms with Crippen molar-refractivity contribution in [2.45, 2.75) is 6.42 Å². The number of likely N-dealkylation sites (N-methyl/N-ethyl adjacent to an activating group) is 1. The minimum Gasteiger partial charge on any atom is -0.483 e. The average Bonchev–Trinajstić information content (AvgIpc) is 2.34. The number of hydrogen-bond acceptors (Lipinski definition) is 3. The summed E-state index contributed by atoms with van der Waals surface area (Å²) in [6, 6.07) is 5.10. The first-order valence-electron chi connectivity index (χ1n) is 5.47. The predicted octanol–water partition coefficient (Wildman–Crippen LogP) is 2.32. The van der Waals surface area contributed by atoms with Gasteiger partial charge in [-0.1, -0.05) is 11.6 Å². The molecule has 0 spiro atoms. The highest BCUT2D eigenvalue weighted by molar-refractivity contribution is 9.10. The number of hydrogen-bond donors (Lipinski definition) is 1. The van der Waals surface area contributed by atoms with Gasteiger partial charge < -0.3 is 14.7 Å². The Balaban J connectivity index is 2.47. The van der Waals surface area contributed by atoms with Crippen molar-refractivity contribution in [1.82, 2.24) is 4.90 Å². The van der Waals surface area contributed by atoms with Crippen LogP contribution in [0.15, 0.2) is 22.7 Å². The Kier molecular flexibility index (Phi) is 6.46. The molecule has 0 unspecified atom stereocenters. The number of benzene rings is 1. The molecule has 0 fully saturated rings. The molecule has 1 aromatic carbocycles. The van der Waals surface area contributed by atoms with E-state index in [4.69, 9.17) is 21.4 Å². The lowest BCUT2D eigenvalue weighted by Crippen LogP contribution is -2.32. The van der Waals surface area contributed by atoms with Crippen LogP contribution in [0.25, 0.3) is 0 Å². The van der Waals surface area contributed by atoms with Crippen LogP contribution in [0.2, 0.25) is 5.02 Å². The Morgan fingerprint density at radius 2 is 2.28 bits per heavy atom. The lowest BCUT2D eigenvalue weighted by Gasteiger charge is -2.17. The monoisotopic (exact) mass is 335 g/mol. The highest BCUT2D eigenvalue weighted by Crippen LogP contribution is 2.27. The van der Waals surface area contributed by atoms with Crippen LogP contribution in [0.5, 0.6) is 5.75 Å². The number of aliphatic hydroxyl groups excluding tert-OH is 1. The normalized spacial score (nSPS) is 10.2. The molecule has 0 aliphatic carbocycles. The quantitative estimate of drug-likeness (QED) is 0.867. The summed E-state index contributed by atoms with van der Waals surface area (Å²) in [6.07, 6.45) is 0.562. The lowest BCUT2D eigenvalue weighted by molar-refractivity contribution is -0.132. The maximum absolute atomic E-state index is 11.7. The second kappa shape index (κ2) is 7.61. The van der Waals surface area contributed by atoms with E-state index in [1.165, 1.54) is 4.90 Å². The van der Waals surface area contributed by atoms with Crippen LogP contribution in [-0.4, -0.2) is 42.7 Å². The largest absolute Gasteiger partial charge is 0.483 e. The molecule has 1 rings (SSSR count). The van der Waals surface area contributed by atoms with Gasteiger partial charge in [0, 0.05) is 25.2 Å². The molecular formula is C12H15BrClNO3. The molecule has 1 N–H and O–H groups in total.